The first-order valence-electron chi connectivity index (χ1n) is 9.35. The van der Waals surface area contributed by atoms with Crippen molar-refractivity contribution in [2.45, 2.75) is 58.2 Å². The van der Waals surface area contributed by atoms with Crippen LogP contribution < -0.4 is 11.4 Å². The fraction of sp³-hybridized carbons (Fsp3) is 0.579. The lowest BCUT2D eigenvalue weighted by molar-refractivity contribution is -0.134. The minimum absolute atomic E-state index is 0.0233. The van der Waals surface area contributed by atoms with Crippen LogP contribution in [0.2, 0.25) is 0 Å². The molecule has 1 aliphatic rings. The van der Waals surface area contributed by atoms with E-state index in [1.807, 2.05) is 33.7 Å². The molecule has 1 atom stereocenters. The van der Waals surface area contributed by atoms with E-state index >= 15 is 0 Å². The van der Waals surface area contributed by atoms with Crippen molar-refractivity contribution in [3.8, 4) is 0 Å². The molecule has 25 heavy (non-hydrogen) atoms. The molecule has 1 aromatic heterocycles. The van der Waals surface area contributed by atoms with Gasteiger partial charge in [0, 0.05) is 38.6 Å². The summed E-state index contributed by atoms with van der Waals surface area (Å²) in [4.78, 5) is 27.4. The van der Waals surface area contributed by atoms with Crippen LogP contribution in [0.25, 0.3) is 11.0 Å². The zero-order chi connectivity index (χ0) is 17.8. The van der Waals surface area contributed by atoms with E-state index in [9.17, 15) is 9.59 Å². The van der Waals surface area contributed by atoms with Gasteiger partial charge in [-0.2, -0.15) is 0 Å². The maximum Gasteiger partial charge on any atom is 0.329 e. The maximum atomic E-state index is 12.8. The van der Waals surface area contributed by atoms with Gasteiger partial charge in [0.15, 0.2) is 0 Å². The quantitative estimate of drug-likeness (QED) is 0.870. The Kier molecular flexibility index (Phi) is 5.58. The highest BCUT2D eigenvalue weighted by atomic mass is 16.2. The van der Waals surface area contributed by atoms with Crippen LogP contribution in [0.1, 0.15) is 39.0 Å². The summed E-state index contributed by atoms with van der Waals surface area (Å²) in [5, 5.41) is 0. The highest BCUT2D eigenvalue weighted by molar-refractivity contribution is 5.78. The summed E-state index contributed by atoms with van der Waals surface area (Å²) in [7, 11) is 0. The molecule has 1 amide bonds. The molecule has 0 aliphatic carbocycles. The first-order chi connectivity index (χ1) is 12.2. The molecule has 0 radical (unpaired) electrons. The molecule has 3 rings (SSSR count). The number of carbonyl (C=O) groups excluding carboxylic acids is 1. The largest absolute Gasteiger partial charge is 0.338 e. The van der Waals surface area contributed by atoms with Crippen molar-refractivity contribution in [3.05, 3.63) is 34.7 Å². The molecule has 2 aromatic rings. The van der Waals surface area contributed by atoms with E-state index in [2.05, 4.69) is 6.92 Å². The molecule has 6 nitrogen and oxygen atoms in total. The molecule has 136 valence electrons. The van der Waals surface area contributed by atoms with Crippen LogP contribution in [0.5, 0.6) is 0 Å². The number of para-hydroxylation sites is 2. The molecule has 1 fully saturated rings. The fourth-order valence-corrected chi connectivity index (χ4v) is 3.85. The molecular weight excluding hydrogens is 316 g/mol. The van der Waals surface area contributed by atoms with E-state index in [0.717, 1.165) is 43.3 Å². The second kappa shape index (κ2) is 7.87. The number of hydrogen-bond donors (Lipinski definition) is 1. The predicted molar refractivity (Wildman–Crippen MR) is 99.5 cm³/mol. The number of hydrogen-bond acceptors (Lipinski definition) is 3. The SMILES string of the molecule is CCCn1c(=O)n(CCC(=O)N2CCCCC2CN)c2ccccc21. The molecule has 6 heteroatoms. The number of fused-ring (bicyclic) bond motifs is 1. The Morgan fingerprint density at radius 1 is 1.16 bits per heavy atom. The number of likely N-dealkylation sites (tertiary alicyclic amines) is 1. The van der Waals surface area contributed by atoms with Crippen molar-refractivity contribution in [1.29, 1.82) is 0 Å². The van der Waals surface area contributed by atoms with Crippen LogP contribution in [0.4, 0.5) is 0 Å². The molecular formula is C19H28N4O2. The summed E-state index contributed by atoms with van der Waals surface area (Å²) in [6.07, 6.45) is 4.40. The Morgan fingerprint density at radius 2 is 1.84 bits per heavy atom. The van der Waals surface area contributed by atoms with Crippen LogP contribution in [0, 0.1) is 0 Å². The van der Waals surface area contributed by atoms with E-state index in [0.29, 0.717) is 26.1 Å². The van der Waals surface area contributed by atoms with Gasteiger partial charge >= 0.3 is 5.69 Å². The molecule has 2 heterocycles. The summed E-state index contributed by atoms with van der Waals surface area (Å²) in [6, 6.07) is 7.96. The van der Waals surface area contributed by atoms with Crippen molar-refractivity contribution in [1.82, 2.24) is 14.0 Å². The van der Waals surface area contributed by atoms with Crippen molar-refractivity contribution in [2.75, 3.05) is 13.1 Å². The topological polar surface area (TPSA) is 73.3 Å². The Balaban J connectivity index is 1.80. The minimum atomic E-state index is -0.0233. The van der Waals surface area contributed by atoms with Gasteiger partial charge in [-0.15, -0.1) is 0 Å². The van der Waals surface area contributed by atoms with Crippen LogP contribution in [0.3, 0.4) is 0 Å². The van der Waals surface area contributed by atoms with Gasteiger partial charge in [-0.1, -0.05) is 19.1 Å². The number of piperidine rings is 1. The number of aromatic nitrogens is 2. The maximum absolute atomic E-state index is 12.8. The summed E-state index contributed by atoms with van der Waals surface area (Å²) in [5.41, 5.74) is 7.65. The van der Waals surface area contributed by atoms with Crippen LogP contribution in [-0.4, -0.2) is 39.1 Å². The number of amides is 1. The second-order valence-corrected chi connectivity index (χ2v) is 6.80. The number of rotatable bonds is 6. The normalized spacial score (nSPS) is 18.0. The van der Waals surface area contributed by atoms with Gasteiger partial charge in [0.25, 0.3) is 0 Å². The fourth-order valence-electron chi connectivity index (χ4n) is 3.85. The Morgan fingerprint density at radius 3 is 2.48 bits per heavy atom. The van der Waals surface area contributed by atoms with E-state index in [4.69, 9.17) is 5.73 Å². The zero-order valence-electron chi connectivity index (χ0n) is 15.0. The van der Waals surface area contributed by atoms with E-state index in [-0.39, 0.29) is 17.6 Å². The Labute approximate surface area is 148 Å². The smallest absolute Gasteiger partial charge is 0.329 e. The van der Waals surface area contributed by atoms with E-state index in [1.54, 1.807) is 4.57 Å². The molecule has 1 aromatic carbocycles. The lowest BCUT2D eigenvalue weighted by Crippen LogP contribution is -2.47. The average Bonchev–Trinajstić information content (AvgIpc) is 2.92. The van der Waals surface area contributed by atoms with Gasteiger partial charge in [-0.3, -0.25) is 13.9 Å². The molecule has 1 aliphatic heterocycles. The van der Waals surface area contributed by atoms with Crippen molar-refractivity contribution < 1.29 is 4.79 Å². The second-order valence-electron chi connectivity index (χ2n) is 6.80. The molecule has 0 spiro atoms. The lowest BCUT2D eigenvalue weighted by Gasteiger charge is -2.35. The predicted octanol–water partition coefficient (Wildman–Crippen LogP) is 1.94. The summed E-state index contributed by atoms with van der Waals surface area (Å²) in [5.74, 6) is 0.106. The third-order valence-corrected chi connectivity index (χ3v) is 5.14. The highest BCUT2D eigenvalue weighted by Gasteiger charge is 2.25. The minimum Gasteiger partial charge on any atom is -0.338 e. The zero-order valence-corrected chi connectivity index (χ0v) is 15.0. The first-order valence-corrected chi connectivity index (χ1v) is 9.35. The van der Waals surface area contributed by atoms with Gasteiger partial charge < -0.3 is 10.6 Å². The summed E-state index contributed by atoms with van der Waals surface area (Å²) >= 11 is 0. The first kappa shape index (κ1) is 17.7. The molecule has 2 N–H and O–H groups in total. The third kappa shape index (κ3) is 3.49. The molecule has 0 bridgehead atoms. The van der Waals surface area contributed by atoms with Crippen molar-refractivity contribution in [2.24, 2.45) is 5.73 Å². The molecule has 1 saturated heterocycles. The number of carbonyl (C=O) groups is 1. The van der Waals surface area contributed by atoms with Crippen molar-refractivity contribution in [3.63, 3.8) is 0 Å². The van der Waals surface area contributed by atoms with E-state index in [1.165, 1.54) is 0 Å². The van der Waals surface area contributed by atoms with Crippen molar-refractivity contribution >= 4 is 16.9 Å². The summed E-state index contributed by atoms with van der Waals surface area (Å²) in [6.45, 7) is 4.48. The van der Waals surface area contributed by atoms with Gasteiger partial charge in [0.2, 0.25) is 5.91 Å². The number of imidazole rings is 1. The highest BCUT2D eigenvalue weighted by Crippen LogP contribution is 2.18. The van der Waals surface area contributed by atoms with Gasteiger partial charge in [0.1, 0.15) is 0 Å². The number of aryl methyl sites for hydroxylation is 2. The summed E-state index contributed by atoms with van der Waals surface area (Å²) < 4.78 is 3.55. The Bertz CT molecular complexity index is 792. The molecule has 0 saturated carbocycles. The van der Waals surface area contributed by atoms with Gasteiger partial charge in [0.05, 0.1) is 11.0 Å². The number of nitrogens with zero attached hydrogens (tertiary/aromatic N) is 3. The van der Waals surface area contributed by atoms with Crippen LogP contribution >= 0.6 is 0 Å². The number of benzene rings is 1. The third-order valence-electron chi connectivity index (χ3n) is 5.14. The standard InChI is InChI=1S/C19H28N4O2/c1-2-11-22-16-8-3-4-9-17(16)23(19(22)25)13-10-18(24)21-12-6-5-7-15(21)14-20/h3-4,8-9,15H,2,5-7,10-14,20H2,1H3. The average molecular weight is 344 g/mol. The van der Waals surface area contributed by atoms with Gasteiger partial charge in [-0.05, 0) is 37.8 Å². The van der Waals surface area contributed by atoms with Gasteiger partial charge in [-0.25, -0.2) is 4.79 Å². The Hall–Kier alpha value is -2.08. The van der Waals surface area contributed by atoms with E-state index < -0.39 is 0 Å². The van der Waals surface area contributed by atoms with Crippen LogP contribution in [-0.2, 0) is 17.9 Å². The number of nitrogens with two attached hydrogens (primary N) is 1. The monoisotopic (exact) mass is 344 g/mol. The lowest BCUT2D eigenvalue weighted by atomic mass is 10.0. The van der Waals surface area contributed by atoms with Crippen LogP contribution in [0.15, 0.2) is 29.1 Å². The molecule has 1 unspecified atom stereocenters.